The van der Waals surface area contributed by atoms with Gasteiger partial charge in [-0.25, -0.2) is 9.78 Å². The third-order valence-electron chi connectivity index (χ3n) is 3.75. The molecule has 0 spiro atoms. The molecule has 0 saturated carbocycles. The van der Waals surface area contributed by atoms with Crippen molar-refractivity contribution in [3.8, 4) is 0 Å². The highest BCUT2D eigenvalue weighted by atomic mass is 16.5. The van der Waals surface area contributed by atoms with Gasteiger partial charge < -0.3 is 15.2 Å². The van der Waals surface area contributed by atoms with Crippen molar-refractivity contribution in [2.24, 2.45) is 5.41 Å². The van der Waals surface area contributed by atoms with E-state index in [1.165, 1.54) is 6.20 Å². The maximum absolute atomic E-state index is 11.5. The number of hydrogen-bond donors (Lipinski definition) is 2. The van der Waals surface area contributed by atoms with Gasteiger partial charge in [-0.15, -0.1) is 0 Å². The summed E-state index contributed by atoms with van der Waals surface area (Å²) in [6, 6.07) is 3.44. The van der Waals surface area contributed by atoms with E-state index in [2.05, 4.69) is 24.1 Å². The molecule has 2 N–H and O–H groups in total. The summed E-state index contributed by atoms with van der Waals surface area (Å²) < 4.78 is 4.90. The SMILES string of the molecule is CCOC(=O)c1ccc(NCC(CC)(CC)CO)nc1. The first-order valence-corrected chi connectivity index (χ1v) is 7.08. The summed E-state index contributed by atoms with van der Waals surface area (Å²) in [5, 5.41) is 12.7. The van der Waals surface area contributed by atoms with Gasteiger partial charge in [0.15, 0.2) is 0 Å². The minimum absolute atomic E-state index is 0.124. The predicted molar refractivity (Wildman–Crippen MR) is 78.8 cm³/mol. The molecule has 20 heavy (non-hydrogen) atoms. The Kier molecular flexibility index (Phi) is 6.45. The van der Waals surface area contributed by atoms with Crippen molar-refractivity contribution in [3.05, 3.63) is 23.9 Å². The Morgan fingerprint density at radius 2 is 2.05 bits per heavy atom. The van der Waals surface area contributed by atoms with Crippen LogP contribution in [-0.4, -0.2) is 35.8 Å². The zero-order valence-corrected chi connectivity index (χ0v) is 12.5. The van der Waals surface area contributed by atoms with Crippen LogP contribution in [0.15, 0.2) is 18.3 Å². The van der Waals surface area contributed by atoms with E-state index in [0.717, 1.165) is 12.8 Å². The molecule has 0 aliphatic carbocycles. The lowest BCUT2D eigenvalue weighted by molar-refractivity contribution is 0.0526. The Hall–Kier alpha value is -1.62. The number of carbonyl (C=O) groups is 1. The maximum Gasteiger partial charge on any atom is 0.339 e. The molecule has 0 bridgehead atoms. The number of hydrogen-bond acceptors (Lipinski definition) is 5. The third kappa shape index (κ3) is 4.20. The van der Waals surface area contributed by atoms with Gasteiger partial charge in [0.25, 0.3) is 0 Å². The Morgan fingerprint density at radius 1 is 1.35 bits per heavy atom. The van der Waals surface area contributed by atoms with Crippen molar-refractivity contribution in [1.82, 2.24) is 4.98 Å². The van der Waals surface area contributed by atoms with E-state index in [9.17, 15) is 9.90 Å². The normalized spacial score (nSPS) is 11.2. The van der Waals surface area contributed by atoms with Crippen LogP contribution < -0.4 is 5.32 Å². The number of ether oxygens (including phenoxy) is 1. The second kappa shape index (κ2) is 7.85. The first-order valence-electron chi connectivity index (χ1n) is 7.08. The number of nitrogens with one attached hydrogen (secondary N) is 1. The van der Waals surface area contributed by atoms with E-state index in [1.54, 1.807) is 19.1 Å². The van der Waals surface area contributed by atoms with Gasteiger partial charge in [-0.05, 0) is 31.9 Å². The van der Waals surface area contributed by atoms with Gasteiger partial charge in [0.05, 0.1) is 18.8 Å². The summed E-state index contributed by atoms with van der Waals surface area (Å²) in [5.41, 5.74) is 0.318. The lowest BCUT2D eigenvalue weighted by Crippen LogP contribution is -2.32. The number of aliphatic hydroxyl groups is 1. The summed E-state index contributed by atoms with van der Waals surface area (Å²) in [6.07, 6.45) is 3.29. The average molecular weight is 280 g/mol. The van der Waals surface area contributed by atoms with Gasteiger partial charge in [-0.1, -0.05) is 13.8 Å². The molecule has 1 rings (SSSR count). The summed E-state index contributed by atoms with van der Waals surface area (Å²) in [5.74, 6) is 0.330. The van der Waals surface area contributed by atoms with Crippen LogP contribution in [-0.2, 0) is 4.74 Å². The monoisotopic (exact) mass is 280 g/mol. The standard InChI is InChI=1S/C15H24N2O3/c1-4-15(5-2,11-18)10-17-13-8-7-12(9-16-13)14(19)20-6-3/h7-9,18H,4-6,10-11H2,1-3H3,(H,16,17). The van der Waals surface area contributed by atoms with Crippen LogP contribution in [0.25, 0.3) is 0 Å². The van der Waals surface area contributed by atoms with Gasteiger partial charge in [0.1, 0.15) is 5.82 Å². The minimum atomic E-state index is -0.363. The van der Waals surface area contributed by atoms with E-state index >= 15 is 0 Å². The molecule has 0 atom stereocenters. The van der Waals surface area contributed by atoms with E-state index in [1.807, 2.05) is 0 Å². The number of pyridine rings is 1. The molecule has 0 aliphatic heterocycles. The molecule has 0 radical (unpaired) electrons. The number of anilines is 1. The smallest absolute Gasteiger partial charge is 0.339 e. The molecule has 0 saturated heterocycles. The molecule has 112 valence electrons. The van der Waals surface area contributed by atoms with Crippen molar-refractivity contribution in [3.63, 3.8) is 0 Å². The molecule has 1 heterocycles. The molecule has 5 heteroatoms. The minimum Gasteiger partial charge on any atom is -0.462 e. The second-order valence-corrected chi connectivity index (χ2v) is 4.87. The maximum atomic E-state index is 11.5. The molecular weight excluding hydrogens is 256 g/mol. The number of esters is 1. The van der Waals surface area contributed by atoms with Gasteiger partial charge in [0, 0.05) is 18.2 Å². The lowest BCUT2D eigenvalue weighted by atomic mass is 9.83. The van der Waals surface area contributed by atoms with Gasteiger partial charge >= 0.3 is 5.97 Å². The molecule has 0 fully saturated rings. The Bertz CT molecular complexity index is 405. The van der Waals surface area contributed by atoms with E-state index in [0.29, 0.717) is 24.5 Å². The highest BCUT2D eigenvalue weighted by Crippen LogP contribution is 2.25. The van der Waals surface area contributed by atoms with E-state index in [-0.39, 0.29) is 18.0 Å². The van der Waals surface area contributed by atoms with Crippen LogP contribution in [0, 0.1) is 5.41 Å². The second-order valence-electron chi connectivity index (χ2n) is 4.87. The van der Waals surface area contributed by atoms with Crippen LogP contribution in [0.2, 0.25) is 0 Å². The van der Waals surface area contributed by atoms with Crippen molar-refractivity contribution < 1.29 is 14.6 Å². The molecule has 0 aromatic carbocycles. The molecule has 0 amide bonds. The van der Waals surface area contributed by atoms with Gasteiger partial charge in [-0.2, -0.15) is 0 Å². The Labute approximate surface area is 120 Å². The third-order valence-corrected chi connectivity index (χ3v) is 3.75. The van der Waals surface area contributed by atoms with Crippen LogP contribution in [0.5, 0.6) is 0 Å². The average Bonchev–Trinajstić information content (AvgIpc) is 2.50. The summed E-state index contributed by atoms with van der Waals surface area (Å²) in [7, 11) is 0. The summed E-state index contributed by atoms with van der Waals surface area (Å²) in [6.45, 7) is 7.06. The summed E-state index contributed by atoms with van der Waals surface area (Å²) in [4.78, 5) is 15.7. The molecule has 0 unspecified atom stereocenters. The quantitative estimate of drug-likeness (QED) is 0.716. The van der Waals surface area contributed by atoms with Gasteiger partial charge in [-0.3, -0.25) is 0 Å². The number of carbonyl (C=O) groups excluding carboxylic acids is 1. The van der Waals surface area contributed by atoms with Crippen LogP contribution in [0.1, 0.15) is 44.0 Å². The molecule has 1 aromatic rings. The molecule has 5 nitrogen and oxygen atoms in total. The van der Waals surface area contributed by atoms with Gasteiger partial charge in [0.2, 0.25) is 0 Å². The van der Waals surface area contributed by atoms with E-state index < -0.39 is 0 Å². The fourth-order valence-corrected chi connectivity index (χ4v) is 1.89. The van der Waals surface area contributed by atoms with Crippen molar-refractivity contribution in [2.75, 3.05) is 25.1 Å². The van der Waals surface area contributed by atoms with Crippen molar-refractivity contribution in [1.29, 1.82) is 0 Å². The highest BCUT2D eigenvalue weighted by Gasteiger charge is 2.24. The fourth-order valence-electron chi connectivity index (χ4n) is 1.89. The Morgan fingerprint density at radius 3 is 2.50 bits per heavy atom. The zero-order chi connectivity index (χ0) is 15.0. The molecular formula is C15H24N2O3. The number of aliphatic hydroxyl groups excluding tert-OH is 1. The predicted octanol–water partition coefficient (Wildman–Crippen LogP) is 2.47. The lowest BCUT2D eigenvalue weighted by Gasteiger charge is -2.29. The zero-order valence-electron chi connectivity index (χ0n) is 12.5. The van der Waals surface area contributed by atoms with Crippen LogP contribution in [0.4, 0.5) is 5.82 Å². The highest BCUT2D eigenvalue weighted by molar-refractivity contribution is 5.89. The van der Waals surface area contributed by atoms with Crippen molar-refractivity contribution in [2.45, 2.75) is 33.6 Å². The van der Waals surface area contributed by atoms with E-state index in [4.69, 9.17) is 4.74 Å². The van der Waals surface area contributed by atoms with Crippen LogP contribution >= 0.6 is 0 Å². The Balaban J connectivity index is 2.64. The molecule has 0 aliphatic rings. The largest absolute Gasteiger partial charge is 0.462 e. The van der Waals surface area contributed by atoms with Crippen molar-refractivity contribution >= 4 is 11.8 Å². The number of nitrogens with zero attached hydrogens (tertiary/aromatic N) is 1. The van der Waals surface area contributed by atoms with Crippen LogP contribution in [0.3, 0.4) is 0 Å². The number of aromatic nitrogens is 1. The topological polar surface area (TPSA) is 71.5 Å². The number of rotatable bonds is 8. The fraction of sp³-hybridized carbons (Fsp3) is 0.600. The first kappa shape index (κ1) is 16.4. The first-order chi connectivity index (χ1) is 9.60. The summed E-state index contributed by atoms with van der Waals surface area (Å²) >= 11 is 0. The molecule has 1 aromatic heterocycles.